The van der Waals surface area contributed by atoms with Crippen LogP contribution in [-0.4, -0.2) is 40.5 Å². The van der Waals surface area contributed by atoms with Crippen LogP contribution in [0.25, 0.3) is 27.9 Å². The van der Waals surface area contributed by atoms with Gasteiger partial charge in [0.2, 0.25) is 0 Å². The largest absolute Gasteiger partial charge is 0.422 e. The third kappa shape index (κ3) is 3.51. The first-order valence-electron chi connectivity index (χ1n) is 10.0. The topological polar surface area (TPSA) is 62.8 Å². The lowest BCUT2D eigenvalue weighted by Gasteiger charge is -2.30. The third-order valence-corrected chi connectivity index (χ3v) is 5.72. The fourth-order valence-corrected chi connectivity index (χ4v) is 3.98. The average molecular weight is 388 g/mol. The first-order chi connectivity index (χ1) is 14.0. The highest BCUT2D eigenvalue weighted by atomic mass is 16.4. The van der Waals surface area contributed by atoms with Crippen LogP contribution in [0.3, 0.4) is 0 Å². The molecule has 0 atom stereocenters. The van der Waals surface area contributed by atoms with Gasteiger partial charge < -0.3 is 19.0 Å². The predicted octanol–water partition coefficient (Wildman–Crippen LogP) is 3.92. The molecule has 1 fully saturated rings. The fourth-order valence-electron chi connectivity index (χ4n) is 3.98. The van der Waals surface area contributed by atoms with Crippen molar-refractivity contribution in [3.8, 4) is 11.3 Å². The van der Waals surface area contributed by atoms with E-state index in [0.29, 0.717) is 22.9 Å². The van der Waals surface area contributed by atoms with Crippen LogP contribution < -0.4 is 10.9 Å². The summed E-state index contributed by atoms with van der Waals surface area (Å²) < 4.78 is 7.58. The van der Waals surface area contributed by atoms with Crippen molar-refractivity contribution < 1.29 is 4.42 Å². The molecule has 5 rings (SSSR count). The van der Waals surface area contributed by atoms with Gasteiger partial charge in [-0.2, -0.15) is 0 Å². The van der Waals surface area contributed by atoms with Gasteiger partial charge in [-0.15, -0.1) is 0 Å². The van der Waals surface area contributed by atoms with Crippen LogP contribution in [0, 0.1) is 6.92 Å². The lowest BCUT2D eigenvalue weighted by atomic mass is 10.0. The van der Waals surface area contributed by atoms with Crippen molar-refractivity contribution in [2.45, 2.75) is 25.8 Å². The second-order valence-electron chi connectivity index (χ2n) is 8.02. The maximum Gasteiger partial charge on any atom is 0.345 e. The highest BCUT2D eigenvalue weighted by Crippen LogP contribution is 2.25. The molecule has 1 N–H and O–H groups in total. The molecule has 1 aliphatic heterocycles. The standard InChI is InChI=1S/C23H24N4O2/c1-15-5-10-27-14-20(25-22(27)11-15)19-12-16-3-4-18(13-21(16)29-23(19)28)24-17-6-8-26(2)9-7-17/h3-5,10-14,17,24H,6-9H2,1-2H3. The Morgan fingerprint density at radius 1 is 1.14 bits per heavy atom. The number of pyridine rings is 1. The summed E-state index contributed by atoms with van der Waals surface area (Å²) in [5.41, 5.74) is 4.27. The van der Waals surface area contributed by atoms with Crippen LogP contribution in [-0.2, 0) is 0 Å². The SMILES string of the molecule is Cc1ccn2cc(-c3cc4ccc(NC5CCN(C)CC5)cc4oc3=O)nc2c1. The zero-order valence-corrected chi connectivity index (χ0v) is 16.7. The molecule has 1 saturated heterocycles. The molecule has 148 valence electrons. The second kappa shape index (κ2) is 7.04. The van der Waals surface area contributed by atoms with Gasteiger partial charge in [-0.25, -0.2) is 9.78 Å². The second-order valence-corrected chi connectivity index (χ2v) is 8.02. The Labute approximate surface area is 168 Å². The quantitative estimate of drug-likeness (QED) is 0.539. The number of fused-ring (bicyclic) bond motifs is 2. The molecule has 0 unspecified atom stereocenters. The Morgan fingerprint density at radius 2 is 1.97 bits per heavy atom. The first-order valence-corrected chi connectivity index (χ1v) is 10.0. The van der Waals surface area contributed by atoms with Crippen LogP contribution in [0.5, 0.6) is 0 Å². The molecule has 6 nitrogen and oxygen atoms in total. The molecule has 0 aliphatic carbocycles. The number of anilines is 1. The lowest BCUT2D eigenvalue weighted by molar-refractivity contribution is 0.264. The maximum atomic E-state index is 12.7. The molecule has 1 aliphatic rings. The number of benzene rings is 1. The highest BCUT2D eigenvalue weighted by molar-refractivity contribution is 5.84. The van der Waals surface area contributed by atoms with Gasteiger partial charge in [0.25, 0.3) is 0 Å². The predicted molar refractivity (Wildman–Crippen MR) is 116 cm³/mol. The van der Waals surface area contributed by atoms with Crippen molar-refractivity contribution >= 4 is 22.3 Å². The van der Waals surface area contributed by atoms with Gasteiger partial charge >= 0.3 is 5.63 Å². The van der Waals surface area contributed by atoms with Crippen LogP contribution in [0.1, 0.15) is 18.4 Å². The summed E-state index contributed by atoms with van der Waals surface area (Å²) >= 11 is 0. The van der Waals surface area contributed by atoms with E-state index >= 15 is 0 Å². The molecule has 0 spiro atoms. The van der Waals surface area contributed by atoms with Gasteiger partial charge in [0.15, 0.2) is 0 Å². The van der Waals surface area contributed by atoms with Gasteiger partial charge in [0.05, 0.1) is 11.3 Å². The van der Waals surface area contributed by atoms with E-state index < -0.39 is 0 Å². The minimum Gasteiger partial charge on any atom is -0.422 e. The molecule has 0 amide bonds. The summed E-state index contributed by atoms with van der Waals surface area (Å²) in [6.07, 6.45) is 6.04. The van der Waals surface area contributed by atoms with Gasteiger partial charge in [-0.05, 0) is 75.8 Å². The van der Waals surface area contributed by atoms with E-state index in [0.717, 1.165) is 48.2 Å². The molecule has 4 heterocycles. The monoisotopic (exact) mass is 388 g/mol. The van der Waals surface area contributed by atoms with E-state index in [-0.39, 0.29) is 5.63 Å². The Morgan fingerprint density at radius 3 is 2.79 bits per heavy atom. The Hall–Kier alpha value is -3.12. The van der Waals surface area contributed by atoms with Crippen LogP contribution >= 0.6 is 0 Å². The zero-order valence-electron chi connectivity index (χ0n) is 16.7. The van der Waals surface area contributed by atoms with Crippen molar-refractivity contribution in [1.82, 2.24) is 14.3 Å². The van der Waals surface area contributed by atoms with E-state index in [2.05, 4.69) is 28.3 Å². The number of aromatic nitrogens is 2. The van der Waals surface area contributed by atoms with Crippen molar-refractivity contribution in [3.05, 3.63) is 64.8 Å². The first kappa shape index (κ1) is 17.9. The molecule has 29 heavy (non-hydrogen) atoms. The summed E-state index contributed by atoms with van der Waals surface area (Å²) in [7, 11) is 2.16. The average Bonchev–Trinajstić information content (AvgIpc) is 3.12. The van der Waals surface area contributed by atoms with Gasteiger partial charge in [-0.1, -0.05) is 0 Å². The molecule has 4 aromatic rings. The highest BCUT2D eigenvalue weighted by Gasteiger charge is 2.17. The smallest absolute Gasteiger partial charge is 0.345 e. The number of rotatable bonds is 3. The number of hydrogen-bond donors (Lipinski definition) is 1. The minimum atomic E-state index is -0.367. The summed E-state index contributed by atoms with van der Waals surface area (Å²) in [6, 6.07) is 12.3. The molecule has 0 radical (unpaired) electrons. The third-order valence-electron chi connectivity index (χ3n) is 5.72. The number of nitrogens with one attached hydrogen (secondary N) is 1. The summed E-state index contributed by atoms with van der Waals surface area (Å²) in [5.74, 6) is 0. The van der Waals surface area contributed by atoms with Crippen molar-refractivity contribution in [1.29, 1.82) is 0 Å². The maximum absolute atomic E-state index is 12.7. The van der Waals surface area contributed by atoms with Gasteiger partial charge in [-0.3, -0.25) is 0 Å². The molecule has 1 aromatic carbocycles. The number of nitrogens with zero attached hydrogens (tertiary/aromatic N) is 3. The van der Waals surface area contributed by atoms with E-state index in [1.54, 1.807) is 0 Å². The fraction of sp³-hybridized carbons (Fsp3) is 0.304. The molecular weight excluding hydrogens is 364 g/mol. The van der Waals surface area contributed by atoms with E-state index in [1.165, 1.54) is 0 Å². The van der Waals surface area contributed by atoms with E-state index in [4.69, 9.17) is 4.42 Å². The van der Waals surface area contributed by atoms with Crippen LogP contribution in [0.4, 0.5) is 5.69 Å². The zero-order chi connectivity index (χ0) is 20.0. The summed E-state index contributed by atoms with van der Waals surface area (Å²) in [6.45, 7) is 4.22. The van der Waals surface area contributed by atoms with Crippen molar-refractivity contribution in [2.24, 2.45) is 0 Å². The van der Waals surface area contributed by atoms with E-state index in [1.807, 2.05) is 54.0 Å². The summed E-state index contributed by atoms with van der Waals surface area (Å²) in [5, 5.41) is 4.47. The summed E-state index contributed by atoms with van der Waals surface area (Å²) in [4.78, 5) is 19.6. The Bertz CT molecular complexity index is 1250. The molecule has 6 heteroatoms. The Balaban J connectivity index is 1.47. The Kier molecular flexibility index (Phi) is 4.36. The van der Waals surface area contributed by atoms with E-state index in [9.17, 15) is 4.79 Å². The van der Waals surface area contributed by atoms with Crippen molar-refractivity contribution in [2.75, 3.05) is 25.5 Å². The van der Waals surface area contributed by atoms with Gasteiger partial charge in [0, 0.05) is 35.6 Å². The molecule has 0 bridgehead atoms. The normalized spacial score (nSPS) is 15.9. The number of likely N-dealkylation sites (tertiary alicyclic amines) is 1. The molecule has 3 aromatic heterocycles. The lowest BCUT2D eigenvalue weighted by Crippen LogP contribution is -2.36. The van der Waals surface area contributed by atoms with Gasteiger partial charge in [0.1, 0.15) is 11.2 Å². The van der Waals surface area contributed by atoms with Crippen LogP contribution in [0.15, 0.2) is 58.0 Å². The number of hydrogen-bond acceptors (Lipinski definition) is 5. The number of imidazole rings is 1. The number of aryl methyl sites for hydroxylation is 1. The molecular formula is C23H24N4O2. The minimum absolute atomic E-state index is 0.367. The molecule has 0 saturated carbocycles. The van der Waals surface area contributed by atoms with Crippen molar-refractivity contribution in [3.63, 3.8) is 0 Å². The van der Waals surface area contributed by atoms with Crippen LogP contribution in [0.2, 0.25) is 0 Å². The number of piperidine rings is 1.